The smallest absolute Gasteiger partial charge is 0.228 e. The highest BCUT2D eigenvalue weighted by Gasteiger charge is 1.99. The number of nitro groups is 1. The molecule has 1 N–H and O–H groups in total. The molecule has 0 bridgehead atoms. The Labute approximate surface area is 63.2 Å². The van der Waals surface area contributed by atoms with E-state index in [0.717, 1.165) is 0 Å². The Bertz CT molecular complexity index is 255. The first-order valence-corrected chi connectivity index (χ1v) is 3.08. The van der Waals surface area contributed by atoms with Gasteiger partial charge < -0.3 is 5.11 Å². The molecule has 0 aromatic heterocycles. The van der Waals surface area contributed by atoms with Gasteiger partial charge in [0.25, 0.3) is 0 Å². The van der Waals surface area contributed by atoms with Crippen molar-refractivity contribution in [1.29, 1.82) is 0 Å². The molecule has 11 heavy (non-hydrogen) atoms. The van der Waals surface area contributed by atoms with Crippen molar-refractivity contribution in [2.45, 2.75) is 6.54 Å². The summed E-state index contributed by atoms with van der Waals surface area (Å²) in [7, 11) is 0. The Kier molecular flexibility index (Phi) is 2.06. The third-order valence-electron chi connectivity index (χ3n) is 1.25. The van der Waals surface area contributed by atoms with Gasteiger partial charge in [0.15, 0.2) is 0 Å². The van der Waals surface area contributed by atoms with Crippen LogP contribution in [-0.2, 0) is 6.54 Å². The molecule has 0 fully saturated rings. The number of hydrogen-bond donors (Lipinski definition) is 1. The lowest BCUT2D eigenvalue weighted by Gasteiger charge is -1.93. The molecule has 1 aromatic rings. The molecule has 0 aliphatic rings. The minimum absolute atomic E-state index is 0.122. The van der Waals surface area contributed by atoms with E-state index in [1.54, 1.807) is 0 Å². The largest absolute Gasteiger partial charge is 0.508 e. The first-order valence-electron chi connectivity index (χ1n) is 3.08. The molecule has 0 saturated carbocycles. The lowest BCUT2D eigenvalue weighted by Crippen LogP contribution is -1.96. The molecule has 1 aromatic carbocycles. The molecule has 0 heterocycles. The molecule has 0 amide bonds. The van der Waals surface area contributed by atoms with Gasteiger partial charge in [0.05, 0.1) is 0 Å². The van der Waals surface area contributed by atoms with Gasteiger partial charge in [0.1, 0.15) is 5.75 Å². The van der Waals surface area contributed by atoms with Gasteiger partial charge in [-0.05, 0) is 24.3 Å². The Morgan fingerprint density at radius 1 is 1.36 bits per heavy atom. The van der Waals surface area contributed by atoms with E-state index in [1.165, 1.54) is 24.3 Å². The molecular weight excluding hydrogens is 146 g/mol. The van der Waals surface area contributed by atoms with Crippen molar-refractivity contribution in [2.75, 3.05) is 0 Å². The van der Waals surface area contributed by atoms with E-state index in [1.807, 2.05) is 0 Å². The Morgan fingerprint density at radius 2 is 1.91 bits per heavy atom. The topological polar surface area (TPSA) is 63.4 Å². The SMILES string of the molecule is O=[N+]([O-])Cc1ccc(O)cc1. The number of rotatable bonds is 2. The molecule has 0 saturated heterocycles. The van der Waals surface area contributed by atoms with Crippen LogP contribution in [0.4, 0.5) is 0 Å². The zero-order chi connectivity index (χ0) is 8.27. The highest BCUT2D eigenvalue weighted by atomic mass is 16.6. The molecule has 4 heteroatoms. The van der Waals surface area contributed by atoms with Crippen LogP contribution in [0.15, 0.2) is 24.3 Å². The second-order valence-electron chi connectivity index (χ2n) is 2.16. The predicted octanol–water partition coefficient (Wildman–Crippen LogP) is 1.17. The van der Waals surface area contributed by atoms with Crippen molar-refractivity contribution in [1.82, 2.24) is 0 Å². The van der Waals surface area contributed by atoms with E-state index in [9.17, 15) is 10.1 Å². The second kappa shape index (κ2) is 3.01. The average molecular weight is 153 g/mol. The molecule has 58 valence electrons. The van der Waals surface area contributed by atoms with Gasteiger partial charge in [-0.2, -0.15) is 0 Å². The summed E-state index contributed by atoms with van der Waals surface area (Å²) in [5, 5.41) is 18.8. The standard InChI is InChI=1S/C7H7NO3/c9-7-3-1-6(2-4-7)5-8(10)11/h1-4,9H,5H2. The number of hydrogen-bond acceptors (Lipinski definition) is 3. The van der Waals surface area contributed by atoms with Gasteiger partial charge in [-0.25, -0.2) is 0 Å². The fraction of sp³-hybridized carbons (Fsp3) is 0.143. The molecular formula is C7H7NO3. The zero-order valence-electron chi connectivity index (χ0n) is 5.73. The molecule has 0 atom stereocenters. The van der Waals surface area contributed by atoms with Crippen molar-refractivity contribution in [3.63, 3.8) is 0 Å². The fourth-order valence-electron chi connectivity index (χ4n) is 0.750. The van der Waals surface area contributed by atoms with Crippen LogP contribution in [0.25, 0.3) is 0 Å². The summed E-state index contributed by atoms with van der Waals surface area (Å²) in [6, 6.07) is 5.91. The number of benzene rings is 1. The summed E-state index contributed by atoms with van der Waals surface area (Å²) >= 11 is 0. The highest BCUT2D eigenvalue weighted by Crippen LogP contribution is 2.09. The molecule has 0 spiro atoms. The third kappa shape index (κ3) is 2.25. The van der Waals surface area contributed by atoms with E-state index in [2.05, 4.69) is 0 Å². The first kappa shape index (κ1) is 7.53. The second-order valence-corrected chi connectivity index (χ2v) is 2.16. The summed E-state index contributed by atoms with van der Waals surface area (Å²) in [5.74, 6) is 0.122. The van der Waals surface area contributed by atoms with Crippen LogP contribution in [0.2, 0.25) is 0 Å². The molecule has 4 nitrogen and oxygen atoms in total. The summed E-state index contributed by atoms with van der Waals surface area (Å²) in [6.07, 6.45) is 0. The van der Waals surface area contributed by atoms with Gasteiger partial charge in [0, 0.05) is 10.5 Å². The average Bonchev–Trinajstić information content (AvgIpc) is 1.93. The van der Waals surface area contributed by atoms with Gasteiger partial charge in [0.2, 0.25) is 6.54 Å². The maximum Gasteiger partial charge on any atom is 0.228 e. The quantitative estimate of drug-likeness (QED) is 0.512. The van der Waals surface area contributed by atoms with Crippen LogP contribution >= 0.6 is 0 Å². The van der Waals surface area contributed by atoms with E-state index in [-0.39, 0.29) is 12.3 Å². The van der Waals surface area contributed by atoms with Gasteiger partial charge in [-0.1, -0.05) is 0 Å². The van der Waals surface area contributed by atoms with E-state index >= 15 is 0 Å². The van der Waals surface area contributed by atoms with Crippen LogP contribution < -0.4 is 0 Å². The van der Waals surface area contributed by atoms with Gasteiger partial charge in [-0.3, -0.25) is 10.1 Å². The predicted molar refractivity (Wildman–Crippen MR) is 38.8 cm³/mol. The highest BCUT2D eigenvalue weighted by molar-refractivity contribution is 5.25. The third-order valence-corrected chi connectivity index (χ3v) is 1.25. The Hall–Kier alpha value is -1.58. The summed E-state index contributed by atoms with van der Waals surface area (Å²) < 4.78 is 0. The molecule has 0 radical (unpaired) electrons. The lowest BCUT2D eigenvalue weighted by atomic mass is 10.2. The molecule has 0 aliphatic heterocycles. The van der Waals surface area contributed by atoms with Crippen LogP contribution in [-0.4, -0.2) is 10.0 Å². The van der Waals surface area contributed by atoms with Crippen molar-refractivity contribution in [3.8, 4) is 5.75 Å². The first-order chi connectivity index (χ1) is 5.18. The summed E-state index contributed by atoms with van der Waals surface area (Å²) in [4.78, 5) is 9.59. The monoisotopic (exact) mass is 153 g/mol. The van der Waals surface area contributed by atoms with Crippen molar-refractivity contribution in [2.24, 2.45) is 0 Å². The van der Waals surface area contributed by atoms with Gasteiger partial charge >= 0.3 is 0 Å². The number of nitrogens with zero attached hydrogens (tertiary/aromatic N) is 1. The van der Waals surface area contributed by atoms with E-state index in [0.29, 0.717) is 5.56 Å². The maximum atomic E-state index is 10.00. The fourth-order valence-corrected chi connectivity index (χ4v) is 0.750. The zero-order valence-corrected chi connectivity index (χ0v) is 5.73. The maximum absolute atomic E-state index is 10.00. The summed E-state index contributed by atoms with van der Waals surface area (Å²) in [6.45, 7) is -0.194. The molecule has 1 rings (SSSR count). The Morgan fingerprint density at radius 3 is 2.36 bits per heavy atom. The van der Waals surface area contributed by atoms with Crippen molar-refractivity contribution < 1.29 is 10.0 Å². The molecule has 0 aliphatic carbocycles. The van der Waals surface area contributed by atoms with Crippen LogP contribution in [0.1, 0.15) is 5.56 Å². The number of phenols is 1. The number of aromatic hydroxyl groups is 1. The number of phenolic OH excluding ortho intramolecular Hbond substituents is 1. The van der Waals surface area contributed by atoms with Crippen LogP contribution in [0, 0.1) is 10.1 Å². The minimum atomic E-state index is -0.410. The van der Waals surface area contributed by atoms with E-state index < -0.39 is 4.92 Å². The lowest BCUT2D eigenvalue weighted by molar-refractivity contribution is -0.496. The van der Waals surface area contributed by atoms with E-state index in [4.69, 9.17) is 5.11 Å². The summed E-state index contributed by atoms with van der Waals surface area (Å²) in [5.41, 5.74) is 0.591. The normalized spacial score (nSPS) is 9.45. The Balaban J connectivity index is 2.74. The van der Waals surface area contributed by atoms with Crippen molar-refractivity contribution in [3.05, 3.63) is 39.9 Å². The minimum Gasteiger partial charge on any atom is -0.508 e. The van der Waals surface area contributed by atoms with Crippen LogP contribution in [0.3, 0.4) is 0 Å². The van der Waals surface area contributed by atoms with Crippen LogP contribution in [0.5, 0.6) is 5.75 Å². The van der Waals surface area contributed by atoms with Gasteiger partial charge in [-0.15, -0.1) is 0 Å². The molecule has 0 unspecified atom stereocenters. The van der Waals surface area contributed by atoms with Crippen molar-refractivity contribution >= 4 is 0 Å².